The molecule has 0 amide bonds. The monoisotopic (exact) mass is 302 g/mol. The van der Waals surface area contributed by atoms with Gasteiger partial charge in [0.2, 0.25) is 0 Å². The van der Waals surface area contributed by atoms with Gasteiger partial charge in [-0.2, -0.15) is 0 Å². The molecule has 114 valence electrons. The first-order chi connectivity index (χ1) is 10.6. The molecule has 4 bridgehead atoms. The van der Waals surface area contributed by atoms with Crippen LogP contribution in [0.1, 0.15) is 12.8 Å². The third-order valence-corrected chi connectivity index (χ3v) is 7.62. The van der Waals surface area contributed by atoms with Gasteiger partial charge in [-0.1, -0.05) is 0 Å². The van der Waals surface area contributed by atoms with E-state index >= 15 is 0 Å². The highest BCUT2D eigenvalue weighted by Crippen LogP contribution is 2.74. The summed E-state index contributed by atoms with van der Waals surface area (Å²) in [6.45, 7) is 0. The largest absolute Gasteiger partial charge is 0.393 e. The van der Waals surface area contributed by atoms with E-state index in [1.165, 1.54) is 0 Å². The van der Waals surface area contributed by atoms with Crippen molar-refractivity contribution < 1.29 is 28.7 Å². The quantitative estimate of drug-likeness (QED) is 0.360. The summed E-state index contributed by atoms with van der Waals surface area (Å²) in [5, 5.41) is 0. The van der Waals surface area contributed by atoms with Crippen molar-refractivity contribution in [2.45, 2.75) is 12.8 Å². The zero-order valence-electron chi connectivity index (χ0n) is 11.6. The Morgan fingerprint density at radius 3 is 1.09 bits per heavy atom. The average Bonchev–Trinajstić information content (AvgIpc) is 3.21. The predicted octanol–water partition coefficient (Wildman–Crippen LogP) is 0.150. The molecule has 9 unspecified atom stereocenters. The van der Waals surface area contributed by atoms with Crippen molar-refractivity contribution in [2.75, 3.05) is 0 Å². The maximum absolute atomic E-state index is 12.0. The summed E-state index contributed by atoms with van der Waals surface area (Å²) in [6.07, 6.45) is 1.75. The van der Waals surface area contributed by atoms with Crippen LogP contribution in [-0.2, 0) is 28.7 Å². The fourth-order valence-electron chi connectivity index (χ4n) is 7.40. The summed E-state index contributed by atoms with van der Waals surface area (Å²) in [7, 11) is 0. The van der Waals surface area contributed by atoms with E-state index in [-0.39, 0.29) is 83.1 Å². The second kappa shape index (κ2) is 3.29. The molecule has 0 N–H and O–H groups in total. The van der Waals surface area contributed by atoms with Gasteiger partial charge in [0.1, 0.15) is 0 Å². The highest BCUT2D eigenvalue weighted by atomic mass is 16.6. The van der Waals surface area contributed by atoms with Crippen molar-refractivity contribution >= 4 is 23.9 Å². The molecule has 6 nitrogen and oxygen atoms in total. The lowest BCUT2D eigenvalue weighted by atomic mass is 9.59. The maximum atomic E-state index is 12.0. The van der Waals surface area contributed by atoms with E-state index < -0.39 is 0 Å². The number of hydrogen-bond donors (Lipinski definition) is 0. The van der Waals surface area contributed by atoms with Crippen LogP contribution in [0.2, 0.25) is 0 Å². The van der Waals surface area contributed by atoms with Gasteiger partial charge in [0, 0.05) is 0 Å². The van der Waals surface area contributed by atoms with E-state index in [4.69, 9.17) is 9.47 Å². The van der Waals surface area contributed by atoms with Gasteiger partial charge in [-0.25, -0.2) is 0 Å². The van der Waals surface area contributed by atoms with Crippen LogP contribution >= 0.6 is 0 Å². The predicted molar refractivity (Wildman–Crippen MR) is 66.3 cm³/mol. The zero-order chi connectivity index (χ0) is 14.9. The van der Waals surface area contributed by atoms with Gasteiger partial charge in [0.25, 0.3) is 0 Å². The van der Waals surface area contributed by atoms with Gasteiger partial charge >= 0.3 is 23.9 Å². The number of rotatable bonds is 0. The molecule has 6 aliphatic rings. The highest BCUT2D eigenvalue weighted by Gasteiger charge is 2.77. The van der Waals surface area contributed by atoms with E-state index in [1.54, 1.807) is 0 Å². The molecule has 6 fully saturated rings. The van der Waals surface area contributed by atoms with Crippen molar-refractivity contribution in [3.8, 4) is 0 Å². The summed E-state index contributed by atoms with van der Waals surface area (Å²) in [4.78, 5) is 48.0. The van der Waals surface area contributed by atoms with E-state index in [9.17, 15) is 19.2 Å². The second-order valence-electron chi connectivity index (χ2n) is 7.86. The first kappa shape index (κ1) is 11.8. The lowest BCUT2D eigenvalue weighted by Gasteiger charge is -2.40. The lowest BCUT2D eigenvalue weighted by molar-refractivity contribution is -0.156. The van der Waals surface area contributed by atoms with Crippen molar-refractivity contribution in [3.05, 3.63) is 0 Å². The fraction of sp³-hybridized carbons (Fsp3) is 0.750. The Balaban J connectivity index is 1.46. The van der Waals surface area contributed by atoms with Gasteiger partial charge in [0.05, 0.1) is 23.7 Å². The van der Waals surface area contributed by atoms with E-state index in [0.29, 0.717) is 0 Å². The Morgan fingerprint density at radius 1 is 0.545 bits per heavy atom. The number of esters is 4. The van der Waals surface area contributed by atoms with Crippen LogP contribution < -0.4 is 0 Å². The molecule has 22 heavy (non-hydrogen) atoms. The first-order valence-electron chi connectivity index (χ1n) is 8.09. The minimum atomic E-state index is -0.370. The number of carbonyl (C=O) groups excluding carboxylic acids is 4. The summed E-state index contributed by atoms with van der Waals surface area (Å²) >= 11 is 0. The molecule has 6 heteroatoms. The van der Waals surface area contributed by atoms with Crippen LogP contribution in [0.4, 0.5) is 0 Å². The smallest absolute Gasteiger partial charge is 0.317 e. The van der Waals surface area contributed by atoms with Crippen molar-refractivity contribution in [1.82, 2.24) is 0 Å². The maximum Gasteiger partial charge on any atom is 0.317 e. The number of fused-ring (bicyclic) bond motifs is 15. The lowest BCUT2D eigenvalue weighted by Crippen LogP contribution is -2.45. The Labute approximate surface area is 125 Å². The molecule has 10 atom stereocenters. The third kappa shape index (κ3) is 0.989. The molecule has 2 aliphatic heterocycles. The molecule has 6 rings (SSSR count). The molecule has 0 aromatic heterocycles. The molecular formula is C16H14O6. The molecular weight excluding hydrogens is 288 g/mol. The van der Waals surface area contributed by atoms with E-state index in [0.717, 1.165) is 12.8 Å². The first-order valence-corrected chi connectivity index (χ1v) is 8.09. The number of cyclic esters (lactones) is 4. The topological polar surface area (TPSA) is 86.7 Å². The fourth-order valence-corrected chi connectivity index (χ4v) is 7.40. The SMILES string of the molecule is O=C1OC(=O)C2C3CC(C12)C1C2C[C@H](C4C(=O)OC(=O)C24)C31. The molecule has 0 aromatic rings. The van der Waals surface area contributed by atoms with Gasteiger partial charge < -0.3 is 9.47 Å². The summed E-state index contributed by atoms with van der Waals surface area (Å²) in [6, 6.07) is 0. The van der Waals surface area contributed by atoms with E-state index in [2.05, 4.69) is 0 Å². The molecule has 0 radical (unpaired) electrons. The third-order valence-electron chi connectivity index (χ3n) is 7.62. The van der Waals surface area contributed by atoms with E-state index in [1.807, 2.05) is 0 Å². The second-order valence-corrected chi connectivity index (χ2v) is 7.86. The van der Waals surface area contributed by atoms with Crippen LogP contribution in [0.25, 0.3) is 0 Å². The Hall–Kier alpha value is -1.72. The van der Waals surface area contributed by atoms with Gasteiger partial charge in [-0.05, 0) is 48.3 Å². The van der Waals surface area contributed by atoms with Crippen LogP contribution in [0.15, 0.2) is 0 Å². The Kier molecular flexibility index (Phi) is 1.76. The van der Waals surface area contributed by atoms with Gasteiger partial charge in [-0.15, -0.1) is 0 Å². The van der Waals surface area contributed by atoms with Crippen molar-refractivity contribution in [1.29, 1.82) is 0 Å². The Morgan fingerprint density at radius 2 is 0.818 bits per heavy atom. The standard InChI is InChI=1S/C16H14O6/c17-13-9-3-1-4(10(9)14(18)21-13)8-6-2-5(7(3)8)11-12(6)16(20)22-15(11)19/h3-12H,1-2H2/t3-,4?,5?,6?,7?,8?,9?,10?,11?,12?/m0/s1. The normalized spacial score (nSPS) is 59.6. The summed E-state index contributed by atoms with van der Waals surface area (Å²) in [5.41, 5.74) is 0. The molecule has 2 saturated heterocycles. The van der Waals surface area contributed by atoms with Crippen molar-refractivity contribution in [2.24, 2.45) is 59.2 Å². The van der Waals surface area contributed by atoms with Crippen LogP contribution in [0.5, 0.6) is 0 Å². The molecule has 0 spiro atoms. The van der Waals surface area contributed by atoms with Gasteiger partial charge in [0.15, 0.2) is 0 Å². The van der Waals surface area contributed by atoms with Gasteiger partial charge in [-0.3, -0.25) is 19.2 Å². The zero-order valence-corrected chi connectivity index (χ0v) is 11.6. The Bertz CT molecular complexity index is 572. The van der Waals surface area contributed by atoms with Crippen LogP contribution in [0.3, 0.4) is 0 Å². The van der Waals surface area contributed by atoms with Crippen molar-refractivity contribution in [3.63, 3.8) is 0 Å². The molecule has 2 heterocycles. The summed E-state index contributed by atoms with van der Waals surface area (Å²) in [5.74, 6) is -1.51. The summed E-state index contributed by atoms with van der Waals surface area (Å²) < 4.78 is 9.73. The van der Waals surface area contributed by atoms with Crippen LogP contribution in [0, 0.1) is 59.2 Å². The molecule has 0 aromatic carbocycles. The minimum Gasteiger partial charge on any atom is -0.393 e. The minimum absolute atomic E-state index is 0.151. The number of ether oxygens (including phenoxy) is 2. The average molecular weight is 302 g/mol. The van der Waals surface area contributed by atoms with Crippen LogP contribution in [-0.4, -0.2) is 23.9 Å². The highest BCUT2D eigenvalue weighted by molar-refractivity contribution is 5.99. The molecule has 4 aliphatic carbocycles. The molecule has 4 saturated carbocycles. The number of carbonyl (C=O) groups is 4. The number of hydrogen-bond acceptors (Lipinski definition) is 6.